The van der Waals surface area contributed by atoms with E-state index in [9.17, 15) is 4.79 Å². The van der Waals surface area contributed by atoms with Crippen LogP contribution in [0.25, 0.3) is 16.9 Å². The quantitative estimate of drug-likeness (QED) is 0.885. The molecule has 0 unspecified atom stereocenters. The molecular formula is C18H23N5O. The Bertz CT molecular complexity index is 771. The van der Waals surface area contributed by atoms with Crippen LogP contribution in [0, 0.1) is 0 Å². The van der Waals surface area contributed by atoms with Crippen molar-refractivity contribution in [3.8, 4) is 0 Å². The van der Waals surface area contributed by atoms with Crippen LogP contribution in [-0.2, 0) is 4.79 Å². The van der Waals surface area contributed by atoms with E-state index in [1.807, 2.05) is 17.3 Å². The molecule has 0 spiro atoms. The molecule has 1 amide bonds. The highest BCUT2D eigenvalue weighted by Gasteiger charge is 2.26. The monoisotopic (exact) mass is 325 g/mol. The van der Waals surface area contributed by atoms with Crippen molar-refractivity contribution in [3.63, 3.8) is 0 Å². The number of nitrogens with zero attached hydrogens (tertiary/aromatic N) is 3. The number of carbonyl (C=O) groups is 1. The summed E-state index contributed by atoms with van der Waals surface area (Å²) in [5.41, 5.74) is 4.27. The lowest BCUT2D eigenvalue weighted by Crippen LogP contribution is -2.40. The van der Waals surface area contributed by atoms with Crippen LogP contribution in [0.2, 0.25) is 0 Å². The van der Waals surface area contributed by atoms with Crippen LogP contribution >= 0.6 is 0 Å². The number of hydrogen-bond donors (Lipinski definition) is 2. The molecular weight excluding hydrogens is 302 g/mol. The average molecular weight is 325 g/mol. The Labute approximate surface area is 141 Å². The summed E-state index contributed by atoms with van der Waals surface area (Å²) in [6, 6.07) is 0. The fraction of sp³-hybridized carbons (Fsp3) is 0.500. The Morgan fingerprint density at radius 1 is 1.33 bits per heavy atom. The first-order valence-corrected chi connectivity index (χ1v) is 8.77. The van der Waals surface area contributed by atoms with E-state index >= 15 is 0 Å². The predicted octanol–water partition coefficient (Wildman–Crippen LogP) is 2.41. The molecule has 0 radical (unpaired) electrons. The van der Waals surface area contributed by atoms with Gasteiger partial charge in [0, 0.05) is 36.5 Å². The van der Waals surface area contributed by atoms with Crippen LogP contribution in [0.5, 0.6) is 0 Å². The molecule has 126 valence electrons. The molecule has 2 aromatic rings. The molecule has 1 aliphatic heterocycles. The molecule has 6 nitrogen and oxygen atoms in total. The van der Waals surface area contributed by atoms with Gasteiger partial charge in [-0.3, -0.25) is 4.79 Å². The summed E-state index contributed by atoms with van der Waals surface area (Å²) < 4.78 is 0. The zero-order valence-electron chi connectivity index (χ0n) is 13.8. The standard InChI is InChI=1S/C18H23N5O/c1-12(19-11-16(24)23-7-3-2-4-8-23)14-9-20-18-17(14)22-15(10-21-18)13-5-6-13/h9-10,13,19H,1-8,11H2,(H,20,21). The van der Waals surface area contributed by atoms with Gasteiger partial charge in [-0.1, -0.05) is 6.58 Å². The maximum atomic E-state index is 12.3. The van der Waals surface area contributed by atoms with Gasteiger partial charge in [-0.05, 0) is 32.1 Å². The number of aromatic amines is 1. The number of rotatable bonds is 5. The minimum Gasteiger partial charge on any atom is -0.376 e. The van der Waals surface area contributed by atoms with Crippen LogP contribution in [-0.4, -0.2) is 45.4 Å². The normalized spacial score (nSPS) is 17.9. The Hall–Kier alpha value is -2.37. The summed E-state index contributed by atoms with van der Waals surface area (Å²) in [5, 5.41) is 3.17. The molecule has 2 aliphatic rings. The second-order valence-corrected chi connectivity index (χ2v) is 6.74. The molecule has 0 bridgehead atoms. The highest BCUT2D eigenvalue weighted by molar-refractivity contribution is 5.88. The van der Waals surface area contributed by atoms with Crippen molar-refractivity contribution in [2.24, 2.45) is 0 Å². The number of fused-ring (bicyclic) bond motifs is 1. The molecule has 1 aliphatic carbocycles. The van der Waals surface area contributed by atoms with Gasteiger partial charge < -0.3 is 15.2 Å². The maximum absolute atomic E-state index is 12.3. The molecule has 6 heteroatoms. The smallest absolute Gasteiger partial charge is 0.241 e. The van der Waals surface area contributed by atoms with Crippen molar-refractivity contribution in [3.05, 3.63) is 30.2 Å². The lowest BCUT2D eigenvalue weighted by atomic mass is 10.1. The van der Waals surface area contributed by atoms with E-state index in [2.05, 4.69) is 21.9 Å². The van der Waals surface area contributed by atoms with E-state index in [1.165, 1.54) is 19.3 Å². The number of H-pyrrole nitrogens is 1. The summed E-state index contributed by atoms with van der Waals surface area (Å²) in [4.78, 5) is 26.5. The summed E-state index contributed by atoms with van der Waals surface area (Å²) in [7, 11) is 0. The lowest BCUT2D eigenvalue weighted by Gasteiger charge is -2.27. The Kier molecular flexibility index (Phi) is 3.96. The largest absolute Gasteiger partial charge is 0.376 e. The number of amides is 1. The molecule has 2 N–H and O–H groups in total. The summed E-state index contributed by atoms with van der Waals surface area (Å²) >= 11 is 0. The Morgan fingerprint density at radius 3 is 2.88 bits per heavy atom. The number of carbonyl (C=O) groups excluding carboxylic acids is 1. The zero-order chi connectivity index (χ0) is 16.5. The minimum absolute atomic E-state index is 0.139. The van der Waals surface area contributed by atoms with E-state index in [1.54, 1.807) is 0 Å². The van der Waals surface area contributed by atoms with Crippen LogP contribution in [0.4, 0.5) is 0 Å². The third-order valence-corrected chi connectivity index (χ3v) is 4.88. The number of nitrogens with one attached hydrogen (secondary N) is 2. The predicted molar refractivity (Wildman–Crippen MR) is 93.3 cm³/mol. The number of hydrogen-bond acceptors (Lipinski definition) is 4. The molecule has 2 aromatic heterocycles. The first-order chi connectivity index (χ1) is 11.7. The SMILES string of the molecule is C=C(NCC(=O)N1CCCCC1)c1c[nH]c2ncc(C3CC3)nc12. The molecule has 1 saturated heterocycles. The maximum Gasteiger partial charge on any atom is 0.241 e. The third-order valence-electron chi connectivity index (χ3n) is 4.88. The van der Waals surface area contributed by atoms with Crippen molar-refractivity contribution in [1.29, 1.82) is 0 Å². The van der Waals surface area contributed by atoms with Crippen LogP contribution in [0.3, 0.4) is 0 Å². The van der Waals surface area contributed by atoms with Crippen LogP contribution in [0.15, 0.2) is 19.0 Å². The van der Waals surface area contributed by atoms with Gasteiger partial charge in [0.2, 0.25) is 5.91 Å². The molecule has 0 aromatic carbocycles. The van der Waals surface area contributed by atoms with Crippen molar-refractivity contribution in [2.75, 3.05) is 19.6 Å². The number of aromatic nitrogens is 3. The first kappa shape index (κ1) is 15.2. The number of piperidine rings is 1. The van der Waals surface area contributed by atoms with Crippen molar-refractivity contribution in [2.45, 2.75) is 38.0 Å². The molecule has 3 heterocycles. The van der Waals surface area contributed by atoms with Crippen molar-refractivity contribution >= 4 is 22.8 Å². The van der Waals surface area contributed by atoms with E-state index in [0.717, 1.165) is 48.4 Å². The average Bonchev–Trinajstić information content (AvgIpc) is 3.39. The van der Waals surface area contributed by atoms with Crippen molar-refractivity contribution in [1.82, 2.24) is 25.2 Å². The van der Waals surface area contributed by atoms with Gasteiger partial charge >= 0.3 is 0 Å². The van der Waals surface area contributed by atoms with Crippen LogP contribution in [0.1, 0.15) is 49.3 Å². The van der Waals surface area contributed by atoms with E-state index in [-0.39, 0.29) is 12.5 Å². The minimum atomic E-state index is 0.139. The zero-order valence-corrected chi connectivity index (χ0v) is 13.8. The van der Waals surface area contributed by atoms with E-state index in [0.29, 0.717) is 11.6 Å². The van der Waals surface area contributed by atoms with Crippen LogP contribution < -0.4 is 5.32 Å². The Morgan fingerprint density at radius 2 is 2.12 bits per heavy atom. The molecule has 1 saturated carbocycles. The summed E-state index contributed by atoms with van der Waals surface area (Å²) in [6.07, 6.45) is 9.55. The van der Waals surface area contributed by atoms with Gasteiger partial charge in [-0.2, -0.15) is 0 Å². The van der Waals surface area contributed by atoms with Gasteiger partial charge in [0.1, 0.15) is 5.52 Å². The topological polar surface area (TPSA) is 73.9 Å². The van der Waals surface area contributed by atoms with E-state index < -0.39 is 0 Å². The Balaban J connectivity index is 1.44. The second-order valence-electron chi connectivity index (χ2n) is 6.74. The molecule has 0 atom stereocenters. The summed E-state index contributed by atoms with van der Waals surface area (Å²) in [5.74, 6) is 0.701. The fourth-order valence-corrected chi connectivity index (χ4v) is 3.24. The van der Waals surface area contributed by atoms with Crippen molar-refractivity contribution < 1.29 is 4.79 Å². The summed E-state index contributed by atoms with van der Waals surface area (Å²) in [6.45, 7) is 6.11. The second kappa shape index (κ2) is 6.26. The van der Waals surface area contributed by atoms with Gasteiger partial charge in [-0.25, -0.2) is 9.97 Å². The molecule has 4 rings (SSSR count). The molecule has 2 fully saturated rings. The van der Waals surface area contributed by atoms with Gasteiger partial charge in [-0.15, -0.1) is 0 Å². The first-order valence-electron chi connectivity index (χ1n) is 8.77. The van der Waals surface area contributed by atoms with Gasteiger partial charge in [0.15, 0.2) is 5.65 Å². The van der Waals surface area contributed by atoms with Gasteiger partial charge in [0.05, 0.1) is 18.4 Å². The fourth-order valence-electron chi connectivity index (χ4n) is 3.24. The number of likely N-dealkylation sites (tertiary alicyclic amines) is 1. The highest BCUT2D eigenvalue weighted by atomic mass is 16.2. The highest BCUT2D eigenvalue weighted by Crippen LogP contribution is 2.39. The molecule has 24 heavy (non-hydrogen) atoms. The van der Waals surface area contributed by atoms with E-state index in [4.69, 9.17) is 4.98 Å². The van der Waals surface area contributed by atoms with Gasteiger partial charge in [0.25, 0.3) is 0 Å². The third kappa shape index (κ3) is 3.00. The lowest BCUT2D eigenvalue weighted by molar-refractivity contribution is -0.130.